The van der Waals surface area contributed by atoms with Gasteiger partial charge in [0, 0.05) is 24.3 Å². The standard InChI is InChI=1S/C15H13ClF3N3O2/c16-10-2-3-12(23)11(7-10)14(24)21-6-5-20-13-4-1-9(8-22-13)15(17,18)19/h1-4,7-8,23H,5-6H2,(H,20,22)(H,21,24). The molecule has 0 radical (unpaired) electrons. The van der Waals surface area contributed by atoms with Crippen LogP contribution >= 0.6 is 11.6 Å². The summed E-state index contributed by atoms with van der Waals surface area (Å²) >= 11 is 5.76. The van der Waals surface area contributed by atoms with Gasteiger partial charge in [-0.15, -0.1) is 0 Å². The molecular weight excluding hydrogens is 347 g/mol. The molecule has 5 nitrogen and oxygen atoms in total. The number of phenolic OH excluding ortho intramolecular Hbond substituents is 1. The van der Waals surface area contributed by atoms with Crippen molar-refractivity contribution in [3.63, 3.8) is 0 Å². The second-order valence-electron chi connectivity index (χ2n) is 4.77. The number of nitrogens with zero attached hydrogens (tertiary/aromatic N) is 1. The molecule has 0 aliphatic heterocycles. The van der Waals surface area contributed by atoms with Gasteiger partial charge in [-0.3, -0.25) is 4.79 Å². The van der Waals surface area contributed by atoms with Crippen LogP contribution in [-0.2, 0) is 6.18 Å². The van der Waals surface area contributed by atoms with Gasteiger partial charge < -0.3 is 15.7 Å². The monoisotopic (exact) mass is 359 g/mol. The van der Waals surface area contributed by atoms with Crippen molar-refractivity contribution >= 4 is 23.3 Å². The lowest BCUT2D eigenvalue weighted by atomic mass is 10.2. The van der Waals surface area contributed by atoms with Crippen LogP contribution in [0.1, 0.15) is 15.9 Å². The van der Waals surface area contributed by atoms with E-state index in [1.807, 2.05) is 0 Å². The lowest BCUT2D eigenvalue weighted by molar-refractivity contribution is -0.137. The highest BCUT2D eigenvalue weighted by molar-refractivity contribution is 6.31. The number of hydrogen-bond donors (Lipinski definition) is 3. The smallest absolute Gasteiger partial charge is 0.417 e. The molecule has 1 heterocycles. The molecule has 2 aromatic rings. The highest BCUT2D eigenvalue weighted by Crippen LogP contribution is 2.28. The molecule has 0 unspecified atom stereocenters. The number of amides is 1. The maximum atomic E-state index is 12.4. The molecule has 0 bridgehead atoms. The van der Waals surface area contributed by atoms with Crippen LogP contribution in [-0.4, -0.2) is 29.1 Å². The summed E-state index contributed by atoms with van der Waals surface area (Å²) < 4.78 is 37.2. The fourth-order valence-corrected chi connectivity index (χ4v) is 1.99. The van der Waals surface area contributed by atoms with Gasteiger partial charge in [0.2, 0.25) is 0 Å². The molecule has 0 aliphatic carbocycles. The van der Waals surface area contributed by atoms with Crippen LogP contribution in [0, 0.1) is 0 Å². The second-order valence-corrected chi connectivity index (χ2v) is 5.21. The van der Waals surface area contributed by atoms with Crippen molar-refractivity contribution in [2.24, 2.45) is 0 Å². The quantitative estimate of drug-likeness (QED) is 0.716. The van der Waals surface area contributed by atoms with Crippen molar-refractivity contribution in [2.75, 3.05) is 18.4 Å². The number of halogens is 4. The van der Waals surface area contributed by atoms with Crippen molar-refractivity contribution in [1.29, 1.82) is 0 Å². The lowest BCUT2D eigenvalue weighted by Crippen LogP contribution is -2.29. The van der Waals surface area contributed by atoms with E-state index in [-0.39, 0.29) is 30.2 Å². The number of aromatic nitrogens is 1. The summed E-state index contributed by atoms with van der Waals surface area (Å²) in [5, 5.41) is 15.2. The molecule has 1 aromatic carbocycles. The lowest BCUT2D eigenvalue weighted by Gasteiger charge is -2.10. The molecule has 0 atom stereocenters. The van der Waals surface area contributed by atoms with Crippen molar-refractivity contribution in [3.8, 4) is 5.75 Å². The number of rotatable bonds is 5. The van der Waals surface area contributed by atoms with E-state index in [4.69, 9.17) is 11.6 Å². The van der Waals surface area contributed by atoms with E-state index in [0.29, 0.717) is 5.02 Å². The summed E-state index contributed by atoms with van der Waals surface area (Å²) in [6, 6.07) is 6.20. The van der Waals surface area contributed by atoms with Gasteiger partial charge in [-0.05, 0) is 30.3 Å². The maximum absolute atomic E-state index is 12.4. The van der Waals surface area contributed by atoms with E-state index in [9.17, 15) is 23.1 Å². The zero-order valence-electron chi connectivity index (χ0n) is 12.2. The number of nitrogens with one attached hydrogen (secondary N) is 2. The topological polar surface area (TPSA) is 74.2 Å². The average Bonchev–Trinajstić information content (AvgIpc) is 2.53. The van der Waals surface area contributed by atoms with Gasteiger partial charge in [0.15, 0.2) is 0 Å². The summed E-state index contributed by atoms with van der Waals surface area (Å²) in [7, 11) is 0. The van der Waals surface area contributed by atoms with Gasteiger partial charge in [-0.2, -0.15) is 13.2 Å². The normalized spacial score (nSPS) is 11.2. The van der Waals surface area contributed by atoms with Gasteiger partial charge >= 0.3 is 6.18 Å². The minimum atomic E-state index is -4.43. The zero-order valence-corrected chi connectivity index (χ0v) is 12.9. The van der Waals surface area contributed by atoms with Gasteiger partial charge in [-0.25, -0.2) is 4.98 Å². The number of carbonyl (C=O) groups is 1. The van der Waals surface area contributed by atoms with Crippen molar-refractivity contribution < 1.29 is 23.1 Å². The average molecular weight is 360 g/mol. The van der Waals surface area contributed by atoms with Gasteiger partial charge in [0.25, 0.3) is 5.91 Å². The number of pyridine rings is 1. The van der Waals surface area contributed by atoms with Crippen LogP contribution in [0.3, 0.4) is 0 Å². The van der Waals surface area contributed by atoms with Gasteiger partial charge in [0.1, 0.15) is 11.6 Å². The van der Waals surface area contributed by atoms with E-state index >= 15 is 0 Å². The van der Waals surface area contributed by atoms with Crippen LogP contribution in [0.2, 0.25) is 5.02 Å². The number of benzene rings is 1. The van der Waals surface area contributed by atoms with Crippen LogP contribution < -0.4 is 10.6 Å². The molecule has 2 rings (SSSR count). The first-order valence-electron chi connectivity index (χ1n) is 6.81. The molecule has 0 spiro atoms. The molecule has 0 aliphatic rings. The Hall–Kier alpha value is -2.48. The SMILES string of the molecule is O=C(NCCNc1ccc(C(F)(F)F)cn1)c1cc(Cl)ccc1O. The predicted molar refractivity (Wildman–Crippen MR) is 83.2 cm³/mol. The van der Waals surface area contributed by atoms with Crippen LogP contribution in [0.25, 0.3) is 0 Å². The molecule has 1 amide bonds. The Labute approximate surface area is 140 Å². The van der Waals surface area contributed by atoms with Crippen LogP contribution in [0.4, 0.5) is 19.0 Å². The van der Waals surface area contributed by atoms with E-state index in [1.165, 1.54) is 24.3 Å². The number of aromatic hydroxyl groups is 1. The minimum Gasteiger partial charge on any atom is -0.507 e. The van der Waals surface area contributed by atoms with E-state index in [1.54, 1.807) is 0 Å². The number of phenols is 1. The highest BCUT2D eigenvalue weighted by Gasteiger charge is 2.30. The van der Waals surface area contributed by atoms with E-state index < -0.39 is 17.6 Å². The molecule has 0 saturated heterocycles. The Morgan fingerprint density at radius 3 is 2.58 bits per heavy atom. The van der Waals surface area contributed by atoms with Crippen LogP contribution in [0.5, 0.6) is 5.75 Å². The Morgan fingerprint density at radius 2 is 1.96 bits per heavy atom. The van der Waals surface area contributed by atoms with Gasteiger partial charge in [0.05, 0.1) is 11.1 Å². The van der Waals surface area contributed by atoms with Crippen LogP contribution in [0.15, 0.2) is 36.5 Å². The Bertz CT molecular complexity index is 721. The Morgan fingerprint density at radius 1 is 1.21 bits per heavy atom. The zero-order chi connectivity index (χ0) is 17.7. The molecule has 9 heteroatoms. The van der Waals surface area contributed by atoms with E-state index in [2.05, 4.69) is 15.6 Å². The van der Waals surface area contributed by atoms with Crippen molar-refractivity contribution in [3.05, 3.63) is 52.7 Å². The summed E-state index contributed by atoms with van der Waals surface area (Å²) in [5.74, 6) is -0.464. The number of hydrogen-bond acceptors (Lipinski definition) is 4. The number of anilines is 1. The molecule has 3 N–H and O–H groups in total. The number of carbonyl (C=O) groups excluding carboxylic acids is 1. The summed E-state index contributed by atoms with van der Waals surface area (Å²) in [5.41, 5.74) is -0.798. The molecule has 24 heavy (non-hydrogen) atoms. The second kappa shape index (κ2) is 7.39. The first-order valence-corrected chi connectivity index (χ1v) is 7.19. The molecular formula is C15H13ClF3N3O2. The number of alkyl halides is 3. The molecule has 128 valence electrons. The Kier molecular flexibility index (Phi) is 5.50. The first kappa shape index (κ1) is 17.9. The summed E-state index contributed by atoms with van der Waals surface area (Å²) in [6.07, 6.45) is -3.70. The molecule has 0 fully saturated rings. The third-order valence-corrected chi connectivity index (χ3v) is 3.25. The van der Waals surface area contributed by atoms with Crippen molar-refractivity contribution in [1.82, 2.24) is 10.3 Å². The minimum absolute atomic E-state index is 0.0372. The first-order chi connectivity index (χ1) is 11.3. The Balaban J connectivity index is 1.82. The predicted octanol–water partition coefficient (Wildman–Crippen LogP) is 3.30. The molecule has 0 saturated carbocycles. The van der Waals surface area contributed by atoms with Gasteiger partial charge in [-0.1, -0.05) is 11.6 Å². The maximum Gasteiger partial charge on any atom is 0.417 e. The summed E-state index contributed by atoms with van der Waals surface area (Å²) in [4.78, 5) is 15.5. The third kappa shape index (κ3) is 4.76. The third-order valence-electron chi connectivity index (χ3n) is 3.01. The molecule has 1 aromatic heterocycles. The van der Waals surface area contributed by atoms with Crippen molar-refractivity contribution in [2.45, 2.75) is 6.18 Å². The fraction of sp³-hybridized carbons (Fsp3) is 0.200. The van der Waals surface area contributed by atoms with E-state index in [0.717, 1.165) is 12.3 Å². The highest BCUT2D eigenvalue weighted by atomic mass is 35.5. The summed E-state index contributed by atoms with van der Waals surface area (Å²) in [6.45, 7) is 0.416. The fourth-order valence-electron chi connectivity index (χ4n) is 1.82. The largest absolute Gasteiger partial charge is 0.507 e.